The van der Waals surface area contributed by atoms with Crippen LogP contribution < -0.4 is 15.9 Å². The molecule has 2 aromatic heterocycles. The van der Waals surface area contributed by atoms with E-state index in [1.807, 2.05) is 49.4 Å². The van der Waals surface area contributed by atoms with E-state index in [0.717, 1.165) is 11.3 Å². The van der Waals surface area contributed by atoms with Crippen molar-refractivity contribution in [3.8, 4) is 6.01 Å². The molecule has 3 rings (SSSR count). The average molecular weight is 348 g/mol. The van der Waals surface area contributed by atoms with Crippen molar-refractivity contribution in [1.29, 1.82) is 0 Å². The van der Waals surface area contributed by atoms with Gasteiger partial charge in [-0.25, -0.2) is 0 Å². The summed E-state index contributed by atoms with van der Waals surface area (Å²) in [5.74, 6) is 0.773. The maximum Gasteiger partial charge on any atom is 0.320 e. The molecular weight excluding hydrogens is 328 g/mol. The standard InChI is InChI=1S/C19H20N6O/c1-14-5-4-6-15(11-14)13-22-25-18-12-17(20)23-19(24-18)26-10-8-16-7-2-3-9-21-16/h2-7,9,11-13H,8,10H2,1H3,(H3,20,23,24,25). The van der Waals surface area contributed by atoms with Gasteiger partial charge in [-0.15, -0.1) is 0 Å². The summed E-state index contributed by atoms with van der Waals surface area (Å²) in [6.07, 6.45) is 4.13. The van der Waals surface area contributed by atoms with Gasteiger partial charge in [0, 0.05) is 24.4 Å². The topological polar surface area (TPSA) is 98.3 Å². The first kappa shape index (κ1) is 17.3. The summed E-state index contributed by atoms with van der Waals surface area (Å²) < 4.78 is 5.58. The molecule has 0 saturated heterocycles. The number of benzene rings is 1. The van der Waals surface area contributed by atoms with Gasteiger partial charge in [-0.1, -0.05) is 35.9 Å². The smallest absolute Gasteiger partial charge is 0.320 e. The van der Waals surface area contributed by atoms with Crippen LogP contribution in [0.1, 0.15) is 16.8 Å². The lowest BCUT2D eigenvalue weighted by Crippen LogP contribution is -2.07. The highest BCUT2D eigenvalue weighted by molar-refractivity contribution is 5.80. The predicted molar refractivity (Wildman–Crippen MR) is 102 cm³/mol. The molecule has 0 unspecified atom stereocenters. The van der Waals surface area contributed by atoms with Crippen molar-refractivity contribution in [3.05, 3.63) is 71.5 Å². The largest absolute Gasteiger partial charge is 0.463 e. The molecule has 0 saturated carbocycles. The number of anilines is 2. The van der Waals surface area contributed by atoms with Crippen molar-refractivity contribution in [1.82, 2.24) is 15.0 Å². The Balaban J connectivity index is 1.58. The highest BCUT2D eigenvalue weighted by Crippen LogP contribution is 2.13. The fourth-order valence-corrected chi connectivity index (χ4v) is 2.28. The molecule has 2 heterocycles. The zero-order valence-corrected chi connectivity index (χ0v) is 14.5. The highest BCUT2D eigenvalue weighted by atomic mass is 16.5. The van der Waals surface area contributed by atoms with Crippen molar-refractivity contribution < 1.29 is 4.74 Å². The first-order valence-corrected chi connectivity index (χ1v) is 8.22. The van der Waals surface area contributed by atoms with Crippen molar-refractivity contribution in [2.24, 2.45) is 5.10 Å². The summed E-state index contributed by atoms with van der Waals surface area (Å²) in [6.45, 7) is 2.44. The highest BCUT2D eigenvalue weighted by Gasteiger charge is 2.04. The number of hydrogen-bond donors (Lipinski definition) is 2. The molecular formula is C19H20N6O. The number of pyridine rings is 1. The Bertz CT molecular complexity index is 882. The molecule has 0 atom stereocenters. The zero-order valence-electron chi connectivity index (χ0n) is 14.5. The van der Waals surface area contributed by atoms with E-state index < -0.39 is 0 Å². The number of rotatable bonds is 7. The number of aromatic nitrogens is 3. The Morgan fingerprint density at radius 1 is 1.15 bits per heavy atom. The van der Waals surface area contributed by atoms with Crippen LogP contribution in [0.5, 0.6) is 6.01 Å². The number of nitrogens with zero attached hydrogens (tertiary/aromatic N) is 4. The first-order valence-electron chi connectivity index (χ1n) is 8.22. The molecule has 0 spiro atoms. The molecule has 132 valence electrons. The minimum Gasteiger partial charge on any atom is -0.463 e. The van der Waals surface area contributed by atoms with Gasteiger partial charge in [0.15, 0.2) is 5.82 Å². The van der Waals surface area contributed by atoms with E-state index in [4.69, 9.17) is 10.5 Å². The van der Waals surface area contributed by atoms with Gasteiger partial charge in [-0.3, -0.25) is 10.4 Å². The lowest BCUT2D eigenvalue weighted by molar-refractivity contribution is 0.296. The van der Waals surface area contributed by atoms with Crippen LogP contribution in [0.3, 0.4) is 0 Å². The zero-order chi connectivity index (χ0) is 18.2. The van der Waals surface area contributed by atoms with E-state index in [9.17, 15) is 0 Å². The van der Waals surface area contributed by atoms with E-state index in [1.165, 1.54) is 5.56 Å². The van der Waals surface area contributed by atoms with Crippen LogP contribution in [0, 0.1) is 6.92 Å². The van der Waals surface area contributed by atoms with Gasteiger partial charge in [-0.2, -0.15) is 15.1 Å². The molecule has 1 aromatic carbocycles. The van der Waals surface area contributed by atoms with E-state index in [2.05, 4.69) is 25.5 Å². The van der Waals surface area contributed by atoms with Crippen molar-refractivity contribution in [2.75, 3.05) is 17.8 Å². The van der Waals surface area contributed by atoms with Gasteiger partial charge >= 0.3 is 6.01 Å². The maximum atomic E-state index is 5.81. The summed E-state index contributed by atoms with van der Waals surface area (Å²) in [7, 11) is 0. The van der Waals surface area contributed by atoms with Crippen LogP contribution in [-0.4, -0.2) is 27.8 Å². The van der Waals surface area contributed by atoms with Crippen LogP contribution in [0.25, 0.3) is 0 Å². The van der Waals surface area contributed by atoms with Gasteiger partial charge in [0.25, 0.3) is 0 Å². The fourth-order valence-electron chi connectivity index (χ4n) is 2.28. The Morgan fingerprint density at radius 2 is 2.08 bits per heavy atom. The number of hydrogen-bond acceptors (Lipinski definition) is 7. The van der Waals surface area contributed by atoms with Gasteiger partial charge < -0.3 is 10.5 Å². The molecule has 0 radical (unpaired) electrons. The number of ether oxygens (including phenoxy) is 1. The summed E-state index contributed by atoms with van der Waals surface area (Å²) in [4.78, 5) is 12.6. The average Bonchev–Trinajstić information content (AvgIpc) is 2.62. The van der Waals surface area contributed by atoms with Crippen molar-refractivity contribution in [2.45, 2.75) is 13.3 Å². The van der Waals surface area contributed by atoms with Crippen molar-refractivity contribution in [3.63, 3.8) is 0 Å². The molecule has 26 heavy (non-hydrogen) atoms. The second-order valence-electron chi connectivity index (χ2n) is 5.66. The van der Waals surface area contributed by atoms with Gasteiger partial charge in [0.1, 0.15) is 5.82 Å². The van der Waals surface area contributed by atoms with E-state index >= 15 is 0 Å². The third-order valence-electron chi connectivity index (χ3n) is 3.48. The molecule has 3 aromatic rings. The lowest BCUT2D eigenvalue weighted by atomic mass is 10.2. The van der Waals surface area contributed by atoms with Crippen LogP contribution in [0.15, 0.2) is 59.8 Å². The van der Waals surface area contributed by atoms with Gasteiger partial charge in [0.2, 0.25) is 0 Å². The van der Waals surface area contributed by atoms with Gasteiger partial charge in [0.05, 0.1) is 12.8 Å². The number of aryl methyl sites for hydroxylation is 1. The maximum absolute atomic E-state index is 5.81. The van der Waals surface area contributed by atoms with Crippen molar-refractivity contribution >= 4 is 17.9 Å². The lowest BCUT2D eigenvalue weighted by Gasteiger charge is -2.07. The molecule has 0 amide bonds. The Morgan fingerprint density at radius 3 is 2.88 bits per heavy atom. The number of nitrogen functional groups attached to an aromatic ring is 1. The van der Waals surface area contributed by atoms with E-state index in [-0.39, 0.29) is 6.01 Å². The summed E-state index contributed by atoms with van der Waals surface area (Å²) >= 11 is 0. The molecule has 0 fully saturated rings. The third kappa shape index (κ3) is 5.27. The second-order valence-corrected chi connectivity index (χ2v) is 5.66. The Hall–Kier alpha value is -3.48. The Kier molecular flexibility index (Phi) is 5.72. The Labute approximate surface area is 152 Å². The van der Waals surface area contributed by atoms with Crippen LogP contribution in [-0.2, 0) is 6.42 Å². The number of nitrogens with one attached hydrogen (secondary N) is 1. The van der Waals surface area contributed by atoms with Crippen LogP contribution in [0.2, 0.25) is 0 Å². The summed E-state index contributed by atoms with van der Waals surface area (Å²) in [5.41, 5.74) is 11.8. The summed E-state index contributed by atoms with van der Waals surface area (Å²) in [6, 6.07) is 15.6. The molecule has 3 N–H and O–H groups in total. The van der Waals surface area contributed by atoms with Gasteiger partial charge in [-0.05, 0) is 24.6 Å². The van der Waals surface area contributed by atoms with E-state index in [0.29, 0.717) is 24.7 Å². The first-order chi connectivity index (χ1) is 12.7. The fraction of sp³-hybridized carbons (Fsp3) is 0.158. The van der Waals surface area contributed by atoms with Crippen LogP contribution in [0.4, 0.5) is 11.6 Å². The molecule has 7 heteroatoms. The normalized spacial score (nSPS) is 10.8. The number of nitrogens with two attached hydrogens (primary N) is 1. The molecule has 0 aliphatic heterocycles. The second kappa shape index (κ2) is 8.57. The molecule has 0 bridgehead atoms. The molecule has 0 aliphatic rings. The monoisotopic (exact) mass is 348 g/mol. The quantitative estimate of drug-likeness (QED) is 0.503. The minimum atomic E-state index is 0.203. The predicted octanol–water partition coefficient (Wildman–Crippen LogP) is 2.83. The molecule has 7 nitrogen and oxygen atoms in total. The minimum absolute atomic E-state index is 0.203. The SMILES string of the molecule is Cc1cccc(C=NNc2cc(N)nc(OCCc3ccccn3)n2)c1. The third-order valence-corrected chi connectivity index (χ3v) is 3.48. The number of hydrazone groups is 1. The van der Waals surface area contributed by atoms with Crippen LogP contribution >= 0.6 is 0 Å². The van der Waals surface area contributed by atoms with E-state index in [1.54, 1.807) is 18.5 Å². The molecule has 0 aliphatic carbocycles. The summed E-state index contributed by atoms with van der Waals surface area (Å²) in [5, 5.41) is 4.18.